The van der Waals surface area contributed by atoms with Crippen molar-refractivity contribution >= 4 is 0 Å². The number of hydrogen-bond donors (Lipinski definition) is 1. The molecule has 0 amide bonds. The summed E-state index contributed by atoms with van der Waals surface area (Å²) in [5.74, 6) is 6.88. The zero-order valence-corrected chi connectivity index (χ0v) is 14.1. The van der Waals surface area contributed by atoms with Crippen LogP contribution in [0.25, 0.3) is 0 Å². The van der Waals surface area contributed by atoms with Gasteiger partial charge in [0.2, 0.25) is 0 Å². The second kappa shape index (κ2) is 7.99. The molecular weight excluding hydrogens is 282 g/mol. The van der Waals surface area contributed by atoms with Crippen molar-refractivity contribution in [2.24, 2.45) is 5.92 Å². The number of piperidine rings is 1. The number of benzene rings is 1. The van der Waals surface area contributed by atoms with Gasteiger partial charge < -0.3 is 5.11 Å². The van der Waals surface area contributed by atoms with Crippen LogP contribution in [-0.2, 0) is 5.60 Å². The maximum Gasteiger partial charge on any atom is 0.153 e. The van der Waals surface area contributed by atoms with Gasteiger partial charge in [-0.05, 0) is 44.3 Å². The number of likely N-dealkylation sites (tertiary alicyclic amines) is 1. The van der Waals surface area contributed by atoms with Crippen LogP contribution in [0.2, 0.25) is 0 Å². The van der Waals surface area contributed by atoms with Crippen LogP contribution in [0.5, 0.6) is 0 Å². The monoisotopic (exact) mass is 311 g/mol. The summed E-state index contributed by atoms with van der Waals surface area (Å²) < 4.78 is 0. The van der Waals surface area contributed by atoms with Crippen LogP contribution in [0.4, 0.5) is 0 Å². The van der Waals surface area contributed by atoms with Gasteiger partial charge in [-0.1, -0.05) is 67.9 Å². The van der Waals surface area contributed by atoms with Crippen molar-refractivity contribution in [1.29, 1.82) is 0 Å². The van der Waals surface area contributed by atoms with Gasteiger partial charge in [0, 0.05) is 5.92 Å². The van der Waals surface area contributed by atoms with E-state index in [0.717, 1.165) is 38.0 Å². The summed E-state index contributed by atoms with van der Waals surface area (Å²) in [6, 6.07) is 10.1. The molecule has 2 nitrogen and oxygen atoms in total. The van der Waals surface area contributed by atoms with E-state index >= 15 is 0 Å². The van der Waals surface area contributed by atoms with Gasteiger partial charge in [-0.25, -0.2) is 0 Å². The topological polar surface area (TPSA) is 23.5 Å². The van der Waals surface area contributed by atoms with Crippen LogP contribution in [0.3, 0.4) is 0 Å². The van der Waals surface area contributed by atoms with Gasteiger partial charge in [-0.3, -0.25) is 4.90 Å². The lowest BCUT2D eigenvalue weighted by atomic mass is 9.73. The summed E-state index contributed by atoms with van der Waals surface area (Å²) in [7, 11) is 0. The number of rotatable bonds is 3. The van der Waals surface area contributed by atoms with Crippen molar-refractivity contribution in [1.82, 2.24) is 4.90 Å². The predicted octanol–water partition coefficient (Wildman–Crippen LogP) is 3.94. The van der Waals surface area contributed by atoms with Gasteiger partial charge in [-0.15, -0.1) is 0 Å². The Balaban J connectivity index is 1.77. The van der Waals surface area contributed by atoms with Crippen LogP contribution in [0, 0.1) is 17.8 Å². The second-order valence-corrected chi connectivity index (χ2v) is 7.11. The molecule has 0 bridgehead atoms. The highest BCUT2D eigenvalue weighted by atomic mass is 16.3. The van der Waals surface area contributed by atoms with Crippen molar-refractivity contribution in [3.05, 3.63) is 35.9 Å². The van der Waals surface area contributed by atoms with E-state index in [9.17, 15) is 5.11 Å². The first kappa shape index (κ1) is 16.6. The van der Waals surface area contributed by atoms with E-state index in [4.69, 9.17) is 0 Å². The Morgan fingerprint density at radius 2 is 1.61 bits per heavy atom. The second-order valence-electron chi connectivity index (χ2n) is 7.11. The Morgan fingerprint density at radius 1 is 0.957 bits per heavy atom. The average molecular weight is 311 g/mol. The van der Waals surface area contributed by atoms with Crippen LogP contribution in [-0.4, -0.2) is 29.6 Å². The minimum Gasteiger partial charge on any atom is -0.373 e. The normalized spacial score (nSPS) is 22.8. The van der Waals surface area contributed by atoms with Gasteiger partial charge in [0.25, 0.3) is 0 Å². The minimum atomic E-state index is -0.975. The summed E-state index contributed by atoms with van der Waals surface area (Å²) >= 11 is 0. The molecule has 124 valence electrons. The van der Waals surface area contributed by atoms with E-state index in [0.29, 0.717) is 0 Å². The highest BCUT2D eigenvalue weighted by Crippen LogP contribution is 2.38. The van der Waals surface area contributed by atoms with Gasteiger partial charge >= 0.3 is 0 Å². The zero-order valence-electron chi connectivity index (χ0n) is 14.1. The molecule has 0 unspecified atom stereocenters. The maximum absolute atomic E-state index is 11.4. The molecule has 2 heteroatoms. The van der Waals surface area contributed by atoms with Crippen LogP contribution in [0.15, 0.2) is 30.3 Å². The third kappa shape index (κ3) is 4.16. The Hall–Kier alpha value is -1.30. The fourth-order valence-electron chi connectivity index (χ4n) is 4.03. The van der Waals surface area contributed by atoms with E-state index < -0.39 is 5.60 Å². The minimum absolute atomic E-state index is 0.271. The maximum atomic E-state index is 11.4. The molecule has 1 heterocycles. The van der Waals surface area contributed by atoms with Gasteiger partial charge in [0.1, 0.15) is 0 Å². The van der Waals surface area contributed by atoms with E-state index in [1.807, 2.05) is 30.3 Å². The number of hydrogen-bond acceptors (Lipinski definition) is 2. The number of aliphatic hydroxyl groups is 1. The van der Waals surface area contributed by atoms with E-state index in [2.05, 4.69) is 16.7 Å². The molecule has 1 saturated heterocycles. The largest absolute Gasteiger partial charge is 0.373 e. The van der Waals surface area contributed by atoms with E-state index in [1.165, 1.54) is 38.5 Å². The van der Waals surface area contributed by atoms with Gasteiger partial charge in [0.05, 0.1) is 6.54 Å². The quantitative estimate of drug-likeness (QED) is 0.855. The third-order valence-corrected chi connectivity index (χ3v) is 5.44. The SMILES string of the molecule is O[C@](C#CCN1CCCCC1)(c1ccccc1)C1CCCCC1. The van der Waals surface area contributed by atoms with Crippen molar-refractivity contribution in [3.63, 3.8) is 0 Å². The highest BCUT2D eigenvalue weighted by Gasteiger charge is 2.37. The van der Waals surface area contributed by atoms with Crippen molar-refractivity contribution in [2.45, 2.75) is 57.0 Å². The van der Waals surface area contributed by atoms with E-state index in [1.54, 1.807) is 0 Å². The molecule has 1 saturated carbocycles. The molecule has 0 radical (unpaired) electrons. The molecule has 0 spiro atoms. The molecule has 2 fully saturated rings. The molecule has 1 atom stereocenters. The van der Waals surface area contributed by atoms with Crippen LogP contribution in [0.1, 0.15) is 56.9 Å². The standard InChI is InChI=1S/C21H29NO/c23-21(19-11-4-1-5-12-19,20-13-6-2-7-14-20)15-10-18-22-16-8-3-9-17-22/h1,4-5,11-12,20,23H,2-3,6-9,13-14,16-18H2/t21-/m1/s1. The summed E-state index contributed by atoms with van der Waals surface area (Å²) in [5, 5.41) is 11.4. The molecule has 2 aliphatic rings. The number of nitrogens with zero attached hydrogens (tertiary/aromatic N) is 1. The first-order valence-corrected chi connectivity index (χ1v) is 9.29. The lowest BCUT2D eigenvalue weighted by Gasteiger charge is -2.35. The van der Waals surface area contributed by atoms with E-state index in [-0.39, 0.29) is 5.92 Å². The predicted molar refractivity (Wildman–Crippen MR) is 95.0 cm³/mol. The molecule has 1 aliphatic carbocycles. The van der Waals surface area contributed by atoms with Crippen LogP contribution >= 0.6 is 0 Å². The van der Waals surface area contributed by atoms with Crippen molar-refractivity contribution in [2.75, 3.05) is 19.6 Å². The van der Waals surface area contributed by atoms with Gasteiger partial charge in [-0.2, -0.15) is 0 Å². The molecular formula is C21H29NO. The Bertz CT molecular complexity index is 532. The first-order chi connectivity index (χ1) is 11.3. The molecule has 23 heavy (non-hydrogen) atoms. The fourth-order valence-corrected chi connectivity index (χ4v) is 4.03. The molecule has 1 aromatic carbocycles. The average Bonchev–Trinajstić information content (AvgIpc) is 2.64. The first-order valence-electron chi connectivity index (χ1n) is 9.29. The van der Waals surface area contributed by atoms with Crippen LogP contribution < -0.4 is 0 Å². The summed E-state index contributed by atoms with van der Waals surface area (Å²) in [5.41, 5.74) is -0.00432. The molecule has 1 N–H and O–H groups in total. The smallest absolute Gasteiger partial charge is 0.153 e. The summed E-state index contributed by atoms with van der Waals surface area (Å²) in [4.78, 5) is 2.42. The Labute approximate surface area is 140 Å². The lowest BCUT2D eigenvalue weighted by Crippen LogP contribution is -2.36. The van der Waals surface area contributed by atoms with Gasteiger partial charge in [0.15, 0.2) is 5.60 Å². The fraction of sp³-hybridized carbons (Fsp3) is 0.619. The molecule has 1 aromatic rings. The van der Waals surface area contributed by atoms with Crippen molar-refractivity contribution < 1.29 is 5.11 Å². The molecule has 1 aliphatic heterocycles. The zero-order chi connectivity index (χ0) is 16.0. The summed E-state index contributed by atoms with van der Waals surface area (Å²) in [6.45, 7) is 3.10. The highest BCUT2D eigenvalue weighted by molar-refractivity contribution is 5.33. The lowest BCUT2D eigenvalue weighted by molar-refractivity contribution is 0.0158. The molecule has 3 rings (SSSR count). The third-order valence-electron chi connectivity index (χ3n) is 5.44. The molecule has 0 aromatic heterocycles. The van der Waals surface area contributed by atoms with Crippen molar-refractivity contribution in [3.8, 4) is 11.8 Å². The summed E-state index contributed by atoms with van der Waals surface area (Å²) in [6.07, 6.45) is 9.82. The Morgan fingerprint density at radius 3 is 2.30 bits per heavy atom. The Kier molecular flexibility index (Phi) is 5.75.